The zero-order valence-electron chi connectivity index (χ0n) is 10.5. The summed E-state index contributed by atoms with van der Waals surface area (Å²) in [6.07, 6.45) is -2.37. The number of hydrogen-bond acceptors (Lipinski definition) is 1. The average molecular weight is 269 g/mol. The van der Waals surface area contributed by atoms with Gasteiger partial charge in [0.25, 0.3) is 0 Å². The number of fused-ring (bicyclic) bond motifs is 1. The van der Waals surface area contributed by atoms with Crippen LogP contribution in [0.1, 0.15) is 30.9 Å². The molecule has 5 heteroatoms. The largest absolute Gasteiger partial charge is 0.471 e. The highest BCUT2D eigenvalue weighted by atomic mass is 19.4. The molecule has 1 N–H and O–H groups in total. The number of aryl methyl sites for hydroxylation is 1. The molecule has 2 nitrogen and oxygen atoms in total. The van der Waals surface area contributed by atoms with E-state index in [1.807, 2.05) is 29.6 Å². The highest BCUT2D eigenvalue weighted by molar-refractivity contribution is 5.85. The Kier molecular flexibility index (Phi) is 3.64. The summed E-state index contributed by atoms with van der Waals surface area (Å²) in [5, 5.41) is 1.95. The standard InChI is InChI=1S/C14H14F3NO/c1-9(18-13(19)14(15,16)17)11-8-4-6-10-5-2-3-7-12(10)11/h2-3,5,7H,4,6,8H2,1H3,(H,18,19)/b11-9+. The molecule has 0 atom stereocenters. The summed E-state index contributed by atoms with van der Waals surface area (Å²) in [6, 6.07) is 7.61. The first-order valence-electron chi connectivity index (χ1n) is 6.06. The zero-order chi connectivity index (χ0) is 14.0. The third-order valence-electron chi connectivity index (χ3n) is 3.23. The lowest BCUT2D eigenvalue weighted by atomic mass is 9.86. The van der Waals surface area contributed by atoms with Crippen LogP contribution in [0.4, 0.5) is 13.2 Å². The summed E-state index contributed by atoms with van der Waals surface area (Å²) >= 11 is 0. The molecule has 0 bridgehead atoms. The number of nitrogens with one attached hydrogen (secondary N) is 1. The fourth-order valence-electron chi connectivity index (χ4n) is 2.33. The molecule has 0 fully saturated rings. The zero-order valence-corrected chi connectivity index (χ0v) is 10.5. The fraction of sp³-hybridized carbons (Fsp3) is 0.357. The number of carbonyl (C=O) groups excluding carboxylic acids is 1. The lowest BCUT2D eigenvalue weighted by Gasteiger charge is -2.21. The van der Waals surface area contributed by atoms with Gasteiger partial charge < -0.3 is 5.32 Å². The molecule has 0 spiro atoms. The molecule has 0 saturated heterocycles. The maximum absolute atomic E-state index is 12.2. The van der Waals surface area contributed by atoms with Gasteiger partial charge in [-0.05, 0) is 42.9 Å². The second-order valence-corrected chi connectivity index (χ2v) is 4.57. The van der Waals surface area contributed by atoms with Crippen LogP contribution in [0.2, 0.25) is 0 Å². The molecule has 19 heavy (non-hydrogen) atoms. The summed E-state index contributed by atoms with van der Waals surface area (Å²) < 4.78 is 36.7. The summed E-state index contributed by atoms with van der Waals surface area (Å²) in [4.78, 5) is 11.0. The minimum atomic E-state index is -4.85. The fourth-order valence-corrected chi connectivity index (χ4v) is 2.33. The first-order valence-corrected chi connectivity index (χ1v) is 6.06. The summed E-state index contributed by atoms with van der Waals surface area (Å²) in [5.74, 6) is -1.92. The number of rotatable bonds is 1. The normalized spacial score (nSPS) is 17.7. The predicted octanol–water partition coefficient (Wildman–Crippen LogP) is 3.43. The second-order valence-electron chi connectivity index (χ2n) is 4.57. The third-order valence-corrected chi connectivity index (χ3v) is 3.23. The number of amides is 1. The Bertz CT molecular complexity index is 532. The molecule has 102 valence electrons. The molecule has 0 aromatic heterocycles. The van der Waals surface area contributed by atoms with Crippen LogP contribution in [0, 0.1) is 0 Å². The van der Waals surface area contributed by atoms with E-state index in [0.29, 0.717) is 6.42 Å². The van der Waals surface area contributed by atoms with Crippen LogP contribution >= 0.6 is 0 Å². The van der Waals surface area contributed by atoms with Crippen molar-refractivity contribution in [1.29, 1.82) is 0 Å². The predicted molar refractivity (Wildman–Crippen MR) is 66.2 cm³/mol. The van der Waals surface area contributed by atoms with Crippen molar-refractivity contribution in [2.75, 3.05) is 0 Å². The van der Waals surface area contributed by atoms with Crippen molar-refractivity contribution in [3.05, 3.63) is 41.1 Å². The van der Waals surface area contributed by atoms with Crippen molar-refractivity contribution in [1.82, 2.24) is 5.32 Å². The smallest absolute Gasteiger partial charge is 0.322 e. The Hall–Kier alpha value is -1.78. The Morgan fingerprint density at radius 1 is 1.21 bits per heavy atom. The van der Waals surface area contributed by atoms with Crippen molar-refractivity contribution < 1.29 is 18.0 Å². The molecule has 1 aromatic rings. The second kappa shape index (κ2) is 5.07. The SMILES string of the molecule is C/C(NC(=O)C(F)(F)F)=C1/CCCc2ccccc21. The molecule has 1 aromatic carbocycles. The third kappa shape index (κ3) is 2.97. The number of halogens is 3. The highest BCUT2D eigenvalue weighted by Gasteiger charge is 2.39. The van der Waals surface area contributed by atoms with Crippen LogP contribution in [0.3, 0.4) is 0 Å². The van der Waals surface area contributed by atoms with Crippen LogP contribution in [0.5, 0.6) is 0 Å². The van der Waals surface area contributed by atoms with Gasteiger partial charge in [-0.2, -0.15) is 13.2 Å². The van der Waals surface area contributed by atoms with Gasteiger partial charge in [-0.3, -0.25) is 4.79 Å². The molecule has 1 aliphatic carbocycles. The van der Waals surface area contributed by atoms with Gasteiger partial charge in [-0.15, -0.1) is 0 Å². The Morgan fingerprint density at radius 3 is 2.58 bits per heavy atom. The van der Waals surface area contributed by atoms with Crippen LogP contribution in [0.15, 0.2) is 30.0 Å². The van der Waals surface area contributed by atoms with E-state index in [1.165, 1.54) is 6.92 Å². The molecule has 0 unspecified atom stereocenters. The Labute approximate surface area is 109 Å². The number of benzene rings is 1. The number of hydrogen-bond donors (Lipinski definition) is 1. The van der Waals surface area contributed by atoms with Gasteiger partial charge in [0.2, 0.25) is 0 Å². The maximum atomic E-state index is 12.2. The van der Waals surface area contributed by atoms with E-state index in [4.69, 9.17) is 0 Å². The van der Waals surface area contributed by atoms with Crippen molar-refractivity contribution in [3.63, 3.8) is 0 Å². The van der Waals surface area contributed by atoms with Gasteiger partial charge in [0.05, 0.1) is 0 Å². The molecule has 0 aliphatic heterocycles. The molecular weight excluding hydrogens is 255 g/mol. The van der Waals surface area contributed by atoms with Crippen LogP contribution in [-0.2, 0) is 11.2 Å². The van der Waals surface area contributed by atoms with Crippen molar-refractivity contribution in [2.45, 2.75) is 32.4 Å². The maximum Gasteiger partial charge on any atom is 0.471 e. The number of allylic oxidation sites excluding steroid dienone is 2. The van der Waals surface area contributed by atoms with Gasteiger partial charge >= 0.3 is 12.1 Å². The Morgan fingerprint density at radius 2 is 1.89 bits per heavy atom. The Balaban J connectivity index is 2.31. The van der Waals surface area contributed by atoms with Gasteiger partial charge in [0.15, 0.2) is 0 Å². The van der Waals surface area contributed by atoms with Crippen LogP contribution < -0.4 is 5.32 Å². The van der Waals surface area contributed by atoms with Gasteiger partial charge in [-0.1, -0.05) is 24.3 Å². The molecule has 2 rings (SSSR count). The van der Waals surface area contributed by atoms with E-state index in [0.717, 1.165) is 29.5 Å². The van der Waals surface area contributed by atoms with E-state index >= 15 is 0 Å². The van der Waals surface area contributed by atoms with Crippen LogP contribution in [0.25, 0.3) is 5.57 Å². The lowest BCUT2D eigenvalue weighted by molar-refractivity contribution is -0.172. The highest BCUT2D eigenvalue weighted by Crippen LogP contribution is 2.32. The van der Waals surface area contributed by atoms with Crippen LogP contribution in [-0.4, -0.2) is 12.1 Å². The molecule has 1 aliphatic rings. The number of carbonyl (C=O) groups is 1. The van der Waals surface area contributed by atoms with E-state index < -0.39 is 12.1 Å². The topological polar surface area (TPSA) is 29.1 Å². The minimum absolute atomic E-state index is 0.287. The monoisotopic (exact) mass is 269 g/mol. The van der Waals surface area contributed by atoms with Gasteiger partial charge in [0.1, 0.15) is 0 Å². The van der Waals surface area contributed by atoms with Crippen molar-refractivity contribution >= 4 is 11.5 Å². The van der Waals surface area contributed by atoms with E-state index in [9.17, 15) is 18.0 Å². The average Bonchev–Trinajstić information content (AvgIpc) is 2.36. The first kappa shape index (κ1) is 13.6. The van der Waals surface area contributed by atoms with Gasteiger partial charge in [0, 0.05) is 5.70 Å². The molecule has 0 radical (unpaired) electrons. The van der Waals surface area contributed by atoms with Crippen molar-refractivity contribution in [3.8, 4) is 0 Å². The summed E-state index contributed by atoms with van der Waals surface area (Å²) in [7, 11) is 0. The molecule has 0 saturated carbocycles. The molecule has 1 amide bonds. The van der Waals surface area contributed by atoms with Crippen molar-refractivity contribution in [2.24, 2.45) is 0 Å². The summed E-state index contributed by atoms with van der Waals surface area (Å²) in [5.41, 5.74) is 3.13. The minimum Gasteiger partial charge on any atom is -0.322 e. The summed E-state index contributed by atoms with van der Waals surface area (Å²) in [6.45, 7) is 1.51. The van der Waals surface area contributed by atoms with E-state index in [1.54, 1.807) is 0 Å². The molecular formula is C14H14F3NO. The van der Waals surface area contributed by atoms with E-state index in [2.05, 4.69) is 0 Å². The number of alkyl halides is 3. The van der Waals surface area contributed by atoms with Gasteiger partial charge in [-0.25, -0.2) is 0 Å². The first-order chi connectivity index (χ1) is 8.89. The lowest BCUT2D eigenvalue weighted by Crippen LogP contribution is -2.36. The quantitative estimate of drug-likeness (QED) is 0.831. The van der Waals surface area contributed by atoms with E-state index in [-0.39, 0.29) is 5.70 Å². The molecule has 0 heterocycles.